The zero-order valence-electron chi connectivity index (χ0n) is 11.3. The van der Waals surface area contributed by atoms with E-state index in [2.05, 4.69) is 18.1 Å². The molecule has 0 amide bonds. The molecular weight excluding hydrogens is 226 g/mol. The standard InChI is InChI=1S/C14H19N3O/c1-9-7-11(5-6-13(9)18-4)14-10(2)12(8-15)17(3)16-14/h5-7H,8,15H2,1-4H3. The van der Waals surface area contributed by atoms with Crippen molar-refractivity contribution in [1.82, 2.24) is 9.78 Å². The predicted molar refractivity (Wildman–Crippen MR) is 72.6 cm³/mol. The SMILES string of the molecule is COc1ccc(-c2nn(C)c(CN)c2C)cc1C. The molecule has 18 heavy (non-hydrogen) atoms. The molecule has 0 radical (unpaired) electrons. The second-order valence-electron chi connectivity index (χ2n) is 4.43. The molecule has 0 aliphatic carbocycles. The van der Waals surface area contributed by atoms with Crippen molar-refractivity contribution in [2.75, 3.05) is 7.11 Å². The van der Waals surface area contributed by atoms with Crippen LogP contribution in [0.3, 0.4) is 0 Å². The third kappa shape index (κ3) is 1.99. The maximum Gasteiger partial charge on any atom is 0.121 e. The predicted octanol–water partition coefficient (Wildman–Crippen LogP) is 2.17. The van der Waals surface area contributed by atoms with Crippen molar-refractivity contribution in [3.05, 3.63) is 35.0 Å². The molecule has 0 unspecified atom stereocenters. The Hall–Kier alpha value is -1.81. The van der Waals surface area contributed by atoms with Crippen molar-refractivity contribution in [2.45, 2.75) is 20.4 Å². The summed E-state index contributed by atoms with van der Waals surface area (Å²) in [5.41, 5.74) is 11.1. The summed E-state index contributed by atoms with van der Waals surface area (Å²) in [6.07, 6.45) is 0. The minimum atomic E-state index is 0.504. The molecule has 0 atom stereocenters. The maximum absolute atomic E-state index is 5.74. The lowest BCUT2D eigenvalue weighted by atomic mass is 10.0. The first-order chi connectivity index (χ1) is 8.58. The second kappa shape index (κ2) is 4.82. The van der Waals surface area contributed by atoms with Crippen molar-refractivity contribution in [1.29, 1.82) is 0 Å². The van der Waals surface area contributed by atoms with Crippen molar-refractivity contribution in [2.24, 2.45) is 12.8 Å². The Kier molecular flexibility index (Phi) is 3.39. The summed E-state index contributed by atoms with van der Waals surface area (Å²) in [5, 5.41) is 4.54. The molecule has 4 heteroatoms. The topological polar surface area (TPSA) is 53.1 Å². The molecule has 1 aromatic carbocycles. The summed E-state index contributed by atoms with van der Waals surface area (Å²) >= 11 is 0. The zero-order chi connectivity index (χ0) is 13.3. The van der Waals surface area contributed by atoms with Gasteiger partial charge in [-0.3, -0.25) is 4.68 Å². The second-order valence-corrected chi connectivity index (χ2v) is 4.43. The summed E-state index contributed by atoms with van der Waals surface area (Å²) in [6.45, 7) is 4.60. The molecule has 2 aromatic rings. The fraction of sp³-hybridized carbons (Fsp3) is 0.357. The maximum atomic E-state index is 5.74. The van der Waals surface area contributed by atoms with Gasteiger partial charge in [-0.1, -0.05) is 0 Å². The monoisotopic (exact) mass is 245 g/mol. The van der Waals surface area contributed by atoms with Gasteiger partial charge < -0.3 is 10.5 Å². The largest absolute Gasteiger partial charge is 0.496 e. The van der Waals surface area contributed by atoms with Gasteiger partial charge in [0, 0.05) is 19.2 Å². The van der Waals surface area contributed by atoms with E-state index in [-0.39, 0.29) is 0 Å². The van der Waals surface area contributed by atoms with E-state index in [0.717, 1.165) is 33.8 Å². The van der Waals surface area contributed by atoms with E-state index in [0.29, 0.717) is 6.54 Å². The summed E-state index contributed by atoms with van der Waals surface area (Å²) in [6, 6.07) is 6.09. The summed E-state index contributed by atoms with van der Waals surface area (Å²) in [5.74, 6) is 0.895. The van der Waals surface area contributed by atoms with Crippen LogP contribution in [0.2, 0.25) is 0 Å². The summed E-state index contributed by atoms with van der Waals surface area (Å²) in [7, 11) is 3.61. The molecule has 4 nitrogen and oxygen atoms in total. The van der Waals surface area contributed by atoms with E-state index in [1.165, 1.54) is 0 Å². The first-order valence-corrected chi connectivity index (χ1v) is 5.96. The molecule has 2 rings (SSSR count). The highest BCUT2D eigenvalue weighted by atomic mass is 16.5. The van der Waals surface area contributed by atoms with Gasteiger partial charge in [-0.15, -0.1) is 0 Å². The number of ether oxygens (including phenoxy) is 1. The molecule has 0 fully saturated rings. The number of aryl methyl sites for hydroxylation is 2. The Bertz CT molecular complexity index is 573. The van der Waals surface area contributed by atoms with Crippen LogP contribution in [0.15, 0.2) is 18.2 Å². The first kappa shape index (κ1) is 12.6. The van der Waals surface area contributed by atoms with Gasteiger partial charge in [0.05, 0.1) is 18.5 Å². The molecule has 0 spiro atoms. The van der Waals surface area contributed by atoms with Crippen LogP contribution < -0.4 is 10.5 Å². The Balaban J connectivity index is 2.52. The van der Waals surface area contributed by atoms with E-state index in [1.807, 2.05) is 30.8 Å². The number of hydrogen-bond acceptors (Lipinski definition) is 3. The van der Waals surface area contributed by atoms with Crippen LogP contribution in [-0.4, -0.2) is 16.9 Å². The normalized spacial score (nSPS) is 10.7. The fourth-order valence-electron chi connectivity index (χ4n) is 2.25. The lowest BCUT2D eigenvalue weighted by Gasteiger charge is -2.06. The van der Waals surface area contributed by atoms with E-state index in [4.69, 9.17) is 10.5 Å². The van der Waals surface area contributed by atoms with E-state index in [9.17, 15) is 0 Å². The fourth-order valence-corrected chi connectivity index (χ4v) is 2.25. The van der Waals surface area contributed by atoms with Crippen molar-refractivity contribution >= 4 is 0 Å². The minimum Gasteiger partial charge on any atom is -0.496 e. The van der Waals surface area contributed by atoms with Crippen LogP contribution in [0.1, 0.15) is 16.8 Å². The molecule has 0 saturated carbocycles. The third-order valence-electron chi connectivity index (χ3n) is 3.29. The smallest absolute Gasteiger partial charge is 0.121 e. The third-order valence-corrected chi connectivity index (χ3v) is 3.29. The van der Waals surface area contributed by atoms with Crippen molar-refractivity contribution < 1.29 is 4.74 Å². The summed E-state index contributed by atoms with van der Waals surface area (Å²) < 4.78 is 7.12. The number of hydrogen-bond donors (Lipinski definition) is 1. The first-order valence-electron chi connectivity index (χ1n) is 5.96. The number of nitrogens with two attached hydrogens (primary N) is 1. The quantitative estimate of drug-likeness (QED) is 0.901. The number of aromatic nitrogens is 2. The number of methoxy groups -OCH3 is 1. The number of benzene rings is 1. The van der Waals surface area contributed by atoms with Gasteiger partial charge in [-0.25, -0.2) is 0 Å². The Morgan fingerprint density at radius 2 is 2.06 bits per heavy atom. The molecule has 96 valence electrons. The molecule has 1 heterocycles. The lowest BCUT2D eigenvalue weighted by Crippen LogP contribution is -2.05. The number of nitrogens with zero attached hydrogens (tertiary/aromatic N) is 2. The molecule has 0 bridgehead atoms. The molecule has 2 N–H and O–H groups in total. The molecule has 0 saturated heterocycles. The van der Waals surface area contributed by atoms with E-state index in [1.54, 1.807) is 7.11 Å². The van der Waals surface area contributed by atoms with Gasteiger partial charge in [-0.05, 0) is 43.2 Å². The zero-order valence-corrected chi connectivity index (χ0v) is 11.3. The Morgan fingerprint density at radius 3 is 2.56 bits per heavy atom. The average Bonchev–Trinajstić information content (AvgIpc) is 2.64. The van der Waals surface area contributed by atoms with Gasteiger partial charge in [0.25, 0.3) is 0 Å². The Morgan fingerprint density at radius 1 is 1.33 bits per heavy atom. The van der Waals surface area contributed by atoms with Crippen LogP contribution >= 0.6 is 0 Å². The highest BCUT2D eigenvalue weighted by Crippen LogP contribution is 2.28. The van der Waals surface area contributed by atoms with Crippen LogP contribution in [0, 0.1) is 13.8 Å². The highest BCUT2D eigenvalue weighted by Gasteiger charge is 2.13. The van der Waals surface area contributed by atoms with Crippen LogP contribution in [0.25, 0.3) is 11.3 Å². The van der Waals surface area contributed by atoms with E-state index < -0.39 is 0 Å². The van der Waals surface area contributed by atoms with Gasteiger partial charge in [-0.2, -0.15) is 5.10 Å². The minimum absolute atomic E-state index is 0.504. The Labute approximate surface area is 107 Å². The van der Waals surface area contributed by atoms with Crippen LogP contribution in [-0.2, 0) is 13.6 Å². The highest BCUT2D eigenvalue weighted by molar-refractivity contribution is 5.66. The van der Waals surface area contributed by atoms with Gasteiger partial charge in [0.15, 0.2) is 0 Å². The van der Waals surface area contributed by atoms with Crippen molar-refractivity contribution in [3.8, 4) is 17.0 Å². The average molecular weight is 245 g/mol. The molecular formula is C14H19N3O. The van der Waals surface area contributed by atoms with Gasteiger partial charge in [0.1, 0.15) is 5.75 Å². The van der Waals surface area contributed by atoms with Crippen LogP contribution in [0.5, 0.6) is 5.75 Å². The molecule has 0 aliphatic rings. The number of rotatable bonds is 3. The van der Waals surface area contributed by atoms with Crippen molar-refractivity contribution in [3.63, 3.8) is 0 Å². The van der Waals surface area contributed by atoms with Gasteiger partial charge in [0.2, 0.25) is 0 Å². The summed E-state index contributed by atoms with van der Waals surface area (Å²) in [4.78, 5) is 0. The van der Waals surface area contributed by atoms with Gasteiger partial charge >= 0.3 is 0 Å². The van der Waals surface area contributed by atoms with Crippen LogP contribution in [0.4, 0.5) is 0 Å². The molecule has 0 aliphatic heterocycles. The lowest BCUT2D eigenvalue weighted by molar-refractivity contribution is 0.412. The molecule has 1 aromatic heterocycles. The van der Waals surface area contributed by atoms with E-state index >= 15 is 0 Å².